The number of carbonyl (C=O) groups excluding carboxylic acids is 1. The molecule has 0 amide bonds. The third-order valence-electron chi connectivity index (χ3n) is 2.46. The van der Waals surface area contributed by atoms with E-state index in [2.05, 4.69) is 4.98 Å². The molecule has 0 aliphatic rings. The quantitative estimate of drug-likeness (QED) is 0.839. The largest absolute Gasteiger partial charge is 0.486 e. The predicted molar refractivity (Wildman–Crippen MR) is 72.1 cm³/mol. The molecule has 19 heavy (non-hydrogen) atoms. The molecule has 0 N–H and O–H groups in total. The van der Waals surface area contributed by atoms with Crippen LogP contribution >= 0.6 is 11.3 Å². The van der Waals surface area contributed by atoms with Gasteiger partial charge in [0.05, 0.1) is 6.07 Å². The molecule has 1 aromatic heterocycles. The standard InChI is InChI=1S/C14H12N2O2S/c1-10-9-19-14(16-10)12(7-15)13(17)8-18-11-5-3-2-4-6-11/h2-6,9,12H,8H2,1H3. The Hall–Kier alpha value is -2.19. The van der Waals surface area contributed by atoms with Crippen molar-refractivity contribution >= 4 is 17.1 Å². The fourth-order valence-corrected chi connectivity index (χ4v) is 2.39. The van der Waals surface area contributed by atoms with Crippen molar-refractivity contribution in [1.29, 1.82) is 5.26 Å². The van der Waals surface area contributed by atoms with Gasteiger partial charge in [-0.2, -0.15) is 5.26 Å². The first-order chi connectivity index (χ1) is 9.20. The molecule has 5 heteroatoms. The molecule has 0 radical (unpaired) electrons. The number of ketones is 1. The van der Waals surface area contributed by atoms with E-state index < -0.39 is 5.92 Å². The van der Waals surface area contributed by atoms with E-state index in [1.807, 2.05) is 36.6 Å². The van der Waals surface area contributed by atoms with Gasteiger partial charge >= 0.3 is 0 Å². The van der Waals surface area contributed by atoms with Gasteiger partial charge in [-0.05, 0) is 19.1 Å². The van der Waals surface area contributed by atoms with Crippen LogP contribution < -0.4 is 4.74 Å². The zero-order chi connectivity index (χ0) is 13.7. The maximum absolute atomic E-state index is 12.0. The highest BCUT2D eigenvalue weighted by Crippen LogP contribution is 2.21. The lowest BCUT2D eigenvalue weighted by Gasteiger charge is -2.07. The molecular formula is C14H12N2O2S. The van der Waals surface area contributed by atoms with Crippen molar-refractivity contribution in [3.63, 3.8) is 0 Å². The zero-order valence-electron chi connectivity index (χ0n) is 10.4. The number of aromatic nitrogens is 1. The molecule has 0 aliphatic heterocycles. The number of Topliss-reactive ketones (excluding diaryl/α,β-unsaturated/α-hetero) is 1. The van der Waals surface area contributed by atoms with Crippen molar-refractivity contribution in [1.82, 2.24) is 4.98 Å². The number of carbonyl (C=O) groups is 1. The lowest BCUT2D eigenvalue weighted by atomic mass is 10.1. The van der Waals surface area contributed by atoms with Crippen LogP contribution in [0.15, 0.2) is 35.7 Å². The Morgan fingerprint density at radius 3 is 2.79 bits per heavy atom. The first-order valence-corrected chi connectivity index (χ1v) is 6.61. The van der Waals surface area contributed by atoms with E-state index in [0.29, 0.717) is 10.8 Å². The van der Waals surface area contributed by atoms with Gasteiger partial charge in [0, 0.05) is 11.1 Å². The van der Waals surface area contributed by atoms with E-state index >= 15 is 0 Å². The smallest absolute Gasteiger partial charge is 0.194 e. The molecule has 0 fully saturated rings. The molecule has 0 saturated carbocycles. The minimum absolute atomic E-state index is 0.124. The second-order valence-electron chi connectivity index (χ2n) is 3.96. The van der Waals surface area contributed by atoms with E-state index in [-0.39, 0.29) is 12.4 Å². The first-order valence-electron chi connectivity index (χ1n) is 5.73. The number of ether oxygens (including phenoxy) is 1. The molecule has 0 saturated heterocycles. The minimum Gasteiger partial charge on any atom is -0.486 e. The number of nitrogens with zero attached hydrogens (tertiary/aromatic N) is 2. The average molecular weight is 272 g/mol. The maximum Gasteiger partial charge on any atom is 0.194 e. The summed E-state index contributed by atoms with van der Waals surface area (Å²) in [5, 5.41) is 11.5. The minimum atomic E-state index is -0.845. The van der Waals surface area contributed by atoms with Crippen LogP contribution in [0.1, 0.15) is 16.6 Å². The number of benzene rings is 1. The van der Waals surface area contributed by atoms with Crippen LogP contribution in [0.4, 0.5) is 0 Å². The zero-order valence-corrected chi connectivity index (χ0v) is 11.2. The number of nitriles is 1. The molecule has 4 nitrogen and oxygen atoms in total. The van der Waals surface area contributed by atoms with Crippen molar-refractivity contribution in [2.75, 3.05) is 6.61 Å². The molecule has 0 bridgehead atoms. The van der Waals surface area contributed by atoms with Gasteiger partial charge in [-0.3, -0.25) is 4.79 Å². The van der Waals surface area contributed by atoms with Crippen molar-refractivity contribution < 1.29 is 9.53 Å². The summed E-state index contributed by atoms with van der Waals surface area (Å²) in [6, 6.07) is 11.0. The van der Waals surface area contributed by atoms with Crippen LogP contribution in [0.3, 0.4) is 0 Å². The van der Waals surface area contributed by atoms with Crippen LogP contribution in [0, 0.1) is 18.3 Å². The second-order valence-corrected chi connectivity index (χ2v) is 4.85. The molecule has 2 rings (SSSR count). The summed E-state index contributed by atoms with van der Waals surface area (Å²) in [6.45, 7) is 1.71. The Morgan fingerprint density at radius 1 is 1.47 bits per heavy atom. The van der Waals surface area contributed by atoms with Crippen LogP contribution in [0.25, 0.3) is 0 Å². The van der Waals surface area contributed by atoms with E-state index in [4.69, 9.17) is 10.00 Å². The Balaban J connectivity index is 2.00. The molecule has 96 valence electrons. The van der Waals surface area contributed by atoms with Crippen LogP contribution in [0.5, 0.6) is 5.75 Å². The fourth-order valence-electron chi connectivity index (χ4n) is 1.52. The van der Waals surface area contributed by atoms with Crippen molar-refractivity contribution in [2.45, 2.75) is 12.8 Å². The number of rotatable bonds is 5. The molecule has 1 aromatic carbocycles. The number of aryl methyl sites for hydroxylation is 1. The topological polar surface area (TPSA) is 63.0 Å². The Morgan fingerprint density at radius 2 is 2.21 bits per heavy atom. The molecule has 1 heterocycles. The lowest BCUT2D eigenvalue weighted by Crippen LogP contribution is -2.19. The normalized spacial score (nSPS) is 11.6. The summed E-state index contributed by atoms with van der Waals surface area (Å²) in [5.74, 6) is -0.508. The highest BCUT2D eigenvalue weighted by Gasteiger charge is 2.23. The summed E-state index contributed by atoms with van der Waals surface area (Å²) in [4.78, 5) is 16.2. The van der Waals surface area contributed by atoms with Crippen molar-refractivity contribution in [3.8, 4) is 11.8 Å². The van der Waals surface area contributed by atoms with Crippen LogP contribution in [-0.2, 0) is 4.79 Å². The molecule has 1 unspecified atom stereocenters. The number of para-hydroxylation sites is 1. The third kappa shape index (κ3) is 3.39. The Labute approximate surface area is 115 Å². The highest BCUT2D eigenvalue weighted by atomic mass is 32.1. The SMILES string of the molecule is Cc1csc(C(C#N)C(=O)COc2ccccc2)n1. The van der Waals surface area contributed by atoms with Gasteiger partial charge < -0.3 is 4.74 Å². The highest BCUT2D eigenvalue weighted by molar-refractivity contribution is 7.09. The summed E-state index contributed by atoms with van der Waals surface area (Å²) >= 11 is 1.32. The van der Waals surface area contributed by atoms with Crippen molar-refractivity contribution in [2.24, 2.45) is 0 Å². The maximum atomic E-state index is 12.0. The monoisotopic (exact) mass is 272 g/mol. The molecule has 2 aromatic rings. The van der Waals surface area contributed by atoms with Gasteiger partial charge in [0.2, 0.25) is 0 Å². The Bertz CT molecular complexity index is 601. The number of hydrogen-bond donors (Lipinski definition) is 0. The van der Waals surface area contributed by atoms with Gasteiger partial charge in [0.25, 0.3) is 0 Å². The first kappa shape index (κ1) is 13.2. The summed E-state index contributed by atoms with van der Waals surface area (Å²) < 4.78 is 5.36. The number of hydrogen-bond acceptors (Lipinski definition) is 5. The summed E-state index contributed by atoms with van der Waals surface area (Å²) in [6.07, 6.45) is 0. The summed E-state index contributed by atoms with van der Waals surface area (Å²) in [7, 11) is 0. The van der Waals surface area contributed by atoms with E-state index in [1.54, 1.807) is 12.1 Å². The van der Waals surface area contributed by atoms with Gasteiger partial charge in [0.1, 0.15) is 17.4 Å². The number of thiazole rings is 1. The van der Waals surface area contributed by atoms with Gasteiger partial charge in [0.15, 0.2) is 11.7 Å². The van der Waals surface area contributed by atoms with E-state index in [9.17, 15) is 4.79 Å². The third-order valence-corrected chi connectivity index (χ3v) is 3.49. The van der Waals surface area contributed by atoms with Gasteiger partial charge in [-0.1, -0.05) is 18.2 Å². The molecule has 0 aliphatic carbocycles. The average Bonchev–Trinajstić information content (AvgIpc) is 2.85. The molecular weight excluding hydrogens is 260 g/mol. The van der Waals surface area contributed by atoms with E-state index in [1.165, 1.54) is 11.3 Å². The van der Waals surface area contributed by atoms with Crippen LogP contribution in [-0.4, -0.2) is 17.4 Å². The van der Waals surface area contributed by atoms with Gasteiger partial charge in [-0.25, -0.2) is 4.98 Å². The lowest BCUT2D eigenvalue weighted by molar-refractivity contribution is -0.121. The van der Waals surface area contributed by atoms with Crippen LogP contribution in [0.2, 0.25) is 0 Å². The summed E-state index contributed by atoms with van der Waals surface area (Å²) in [5.41, 5.74) is 0.817. The van der Waals surface area contributed by atoms with Gasteiger partial charge in [-0.15, -0.1) is 11.3 Å². The molecule has 1 atom stereocenters. The fraction of sp³-hybridized carbons (Fsp3) is 0.214. The van der Waals surface area contributed by atoms with Crippen molar-refractivity contribution in [3.05, 3.63) is 46.4 Å². The predicted octanol–water partition coefficient (Wildman–Crippen LogP) is 2.71. The second kappa shape index (κ2) is 6.12. The van der Waals surface area contributed by atoms with E-state index in [0.717, 1.165) is 5.69 Å². The molecule has 0 spiro atoms. The Kier molecular flexibility index (Phi) is 4.26.